The molecule has 0 radical (unpaired) electrons. The lowest BCUT2D eigenvalue weighted by Gasteiger charge is -2.34. The molecule has 1 heterocycles. The van der Waals surface area contributed by atoms with Gasteiger partial charge in [0.25, 0.3) is 5.91 Å². The topological polar surface area (TPSA) is 244 Å². The van der Waals surface area contributed by atoms with E-state index in [4.69, 9.17) is 15.2 Å². The van der Waals surface area contributed by atoms with Crippen LogP contribution in [-0.2, 0) is 38.2 Å². The van der Waals surface area contributed by atoms with Gasteiger partial charge in [-0.2, -0.15) is 0 Å². The molecule has 1 aromatic carbocycles. The van der Waals surface area contributed by atoms with E-state index >= 15 is 0 Å². The van der Waals surface area contributed by atoms with Crippen molar-refractivity contribution in [1.29, 1.82) is 0 Å². The van der Waals surface area contributed by atoms with Crippen molar-refractivity contribution in [3.05, 3.63) is 35.9 Å². The first-order valence-electron chi connectivity index (χ1n) is 19.5. The van der Waals surface area contributed by atoms with E-state index in [1.165, 1.54) is 4.90 Å². The zero-order chi connectivity index (χ0) is 41.4. The van der Waals surface area contributed by atoms with Crippen molar-refractivity contribution in [2.75, 3.05) is 26.3 Å². The second kappa shape index (κ2) is 22.4. The Balaban J connectivity index is 1.78. The minimum atomic E-state index is -1.32. The van der Waals surface area contributed by atoms with Crippen molar-refractivity contribution in [2.45, 2.75) is 116 Å². The fourth-order valence-corrected chi connectivity index (χ4v) is 6.73. The van der Waals surface area contributed by atoms with Crippen LogP contribution in [0.4, 0.5) is 9.59 Å². The van der Waals surface area contributed by atoms with Gasteiger partial charge in [-0.15, -0.1) is 0 Å². The minimum absolute atomic E-state index is 0.0363. The van der Waals surface area contributed by atoms with E-state index in [2.05, 4.69) is 26.6 Å². The molecule has 310 valence electrons. The Morgan fingerprint density at radius 1 is 0.839 bits per heavy atom. The molecule has 1 aromatic rings. The number of Topliss-reactive ketones (excluding diaryl/α,β-unsaturated/α-hetero) is 1. The summed E-state index contributed by atoms with van der Waals surface area (Å²) in [5.41, 5.74) is 5.89. The van der Waals surface area contributed by atoms with E-state index < -0.39 is 84.3 Å². The van der Waals surface area contributed by atoms with E-state index in [-0.39, 0.29) is 50.4 Å². The molecule has 17 nitrogen and oxygen atoms in total. The number of carbonyl (C=O) groups is 8. The predicted molar refractivity (Wildman–Crippen MR) is 204 cm³/mol. The standard InChI is InChI=1S/C39H59N7O10/c1-6-13-28(33(48)36(51)41-19-30(47)44-31(34(40)49)25-14-9-7-10-15-25)43-35(50)29-18-27(42-38(53)55-21-23(2)3)20-46(29)37(52)32(26-16-11-8-12-17-26)45-39(54)56-22-24(4)5/h7,9-10,14-15,23-24,26-29,31-32H,6,8,11-13,16-22H2,1-5H3,(H2,40,49)(H,41,51)(H,42,53)(H,43,50)(H,44,47)(H,45,54)/t27-,28?,29?,31+,32+/m1/s1. The van der Waals surface area contributed by atoms with Gasteiger partial charge in [0.2, 0.25) is 29.4 Å². The van der Waals surface area contributed by atoms with Gasteiger partial charge in [-0.1, -0.05) is 90.6 Å². The van der Waals surface area contributed by atoms with Gasteiger partial charge in [0, 0.05) is 6.54 Å². The molecule has 17 heteroatoms. The normalized spacial score (nSPS) is 18.6. The van der Waals surface area contributed by atoms with Crippen LogP contribution in [0.25, 0.3) is 0 Å². The highest BCUT2D eigenvalue weighted by molar-refractivity contribution is 6.38. The van der Waals surface area contributed by atoms with Gasteiger partial charge < -0.3 is 46.7 Å². The Hall–Kier alpha value is -5.22. The van der Waals surface area contributed by atoms with Crippen molar-refractivity contribution in [1.82, 2.24) is 31.5 Å². The van der Waals surface area contributed by atoms with Gasteiger partial charge >= 0.3 is 12.2 Å². The Kier molecular flexibility index (Phi) is 18.0. The summed E-state index contributed by atoms with van der Waals surface area (Å²) in [4.78, 5) is 106. The number of carbonyl (C=O) groups excluding carboxylic acids is 8. The molecule has 3 rings (SSSR count). The second-order valence-electron chi connectivity index (χ2n) is 15.3. The predicted octanol–water partition coefficient (Wildman–Crippen LogP) is 1.98. The third-order valence-corrected chi connectivity index (χ3v) is 9.53. The quantitative estimate of drug-likeness (QED) is 0.111. The molecule has 1 aliphatic heterocycles. The first-order valence-corrected chi connectivity index (χ1v) is 19.5. The number of ketones is 1. The highest BCUT2D eigenvalue weighted by Crippen LogP contribution is 2.30. The van der Waals surface area contributed by atoms with Crippen LogP contribution in [0.15, 0.2) is 30.3 Å². The first kappa shape index (κ1) is 45.2. The Labute approximate surface area is 328 Å². The molecular weight excluding hydrogens is 726 g/mol. The summed E-state index contributed by atoms with van der Waals surface area (Å²) in [6.07, 6.45) is 2.97. The Bertz CT molecular complexity index is 1530. The number of benzene rings is 1. The maximum atomic E-state index is 14.4. The molecule has 1 aliphatic carbocycles. The SMILES string of the molecule is CCCC(NC(=O)C1C[C@@H](NC(=O)OCC(C)C)CN1C(=O)[C@@H](NC(=O)OCC(C)C)C1CCCCC1)C(=O)C(=O)NCC(=O)N[C@H](C(N)=O)c1ccccc1. The van der Waals surface area contributed by atoms with Gasteiger partial charge in [0.05, 0.1) is 31.8 Å². The smallest absolute Gasteiger partial charge is 0.407 e. The molecule has 7 N–H and O–H groups in total. The number of nitrogens with zero attached hydrogens (tertiary/aromatic N) is 1. The minimum Gasteiger partial charge on any atom is -0.449 e. The number of alkyl carbamates (subject to hydrolysis) is 2. The number of likely N-dealkylation sites (tertiary alicyclic amines) is 1. The van der Waals surface area contributed by atoms with Crippen LogP contribution in [0.2, 0.25) is 0 Å². The maximum Gasteiger partial charge on any atom is 0.407 e. The molecule has 5 atom stereocenters. The van der Waals surface area contributed by atoms with Crippen molar-refractivity contribution >= 4 is 47.5 Å². The van der Waals surface area contributed by atoms with E-state index in [0.29, 0.717) is 24.8 Å². The second-order valence-corrected chi connectivity index (χ2v) is 15.3. The van der Waals surface area contributed by atoms with Crippen molar-refractivity contribution in [3.63, 3.8) is 0 Å². The van der Waals surface area contributed by atoms with Gasteiger partial charge in [-0.25, -0.2) is 9.59 Å². The van der Waals surface area contributed by atoms with E-state index in [0.717, 1.165) is 19.3 Å². The van der Waals surface area contributed by atoms with Gasteiger partial charge in [0.15, 0.2) is 0 Å². The van der Waals surface area contributed by atoms with Crippen molar-refractivity contribution in [3.8, 4) is 0 Å². The lowest BCUT2D eigenvalue weighted by atomic mass is 9.83. The van der Waals surface area contributed by atoms with Gasteiger partial charge in [-0.05, 0) is 49.0 Å². The number of nitrogens with two attached hydrogens (primary N) is 1. The van der Waals surface area contributed by atoms with Crippen LogP contribution in [0.1, 0.15) is 97.6 Å². The summed E-state index contributed by atoms with van der Waals surface area (Å²) >= 11 is 0. The summed E-state index contributed by atoms with van der Waals surface area (Å²) in [7, 11) is 0. The number of primary amides is 1. The van der Waals surface area contributed by atoms with E-state index in [1.54, 1.807) is 37.3 Å². The van der Waals surface area contributed by atoms with Gasteiger partial charge in [0.1, 0.15) is 18.1 Å². The third-order valence-electron chi connectivity index (χ3n) is 9.53. The molecule has 7 amide bonds. The van der Waals surface area contributed by atoms with Crippen LogP contribution in [0.5, 0.6) is 0 Å². The molecule has 0 aromatic heterocycles. The Morgan fingerprint density at radius 3 is 2.05 bits per heavy atom. The molecular formula is C39H59N7O10. The Morgan fingerprint density at radius 2 is 1.46 bits per heavy atom. The van der Waals surface area contributed by atoms with Crippen LogP contribution >= 0.6 is 0 Å². The fourth-order valence-electron chi connectivity index (χ4n) is 6.73. The number of rotatable bonds is 19. The molecule has 2 fully saturated rings. The maximum absolute atomic E-state index is 14.4. The first-order chi connectivity index (χ1) is 26.6. The summed E-state index contributed by atoms with van der Waals surface area (Å²) in [6.45, 7) is 8.82. The van der Waals surface area contributed by atoms with E-state index in [9.17, 15) is 38.4 Å². The number of amides is 7. The van der Waals surface area contributed by atoms with Crippen LogP contribution < -0.4 is 32.3 Å². The summed E-state index contributed by atoms with van der Waals surface area (Å²) in [6, 6.07) is 2.83. The third kappa shape index (κ3) is 14.1. The van der Waals surface area contributed by atoms with E-state index in [1.807, 2.05) is 27.7 Å². The molecule has 2 aliphatic rings. The number of hydrogen-bond donors (Lipinski definition) is 6. The average molecular weight is 786 g/mol. The number of ether oxygens (including phenoxy) is 2. The lowest BCUT2D eigenvalue weighted by molar-refractivity contribution is -0.143. The highest BCUT2D eigenvalue weighted by atomic mass is 16.6. The molecule has 0 bridgehead atoms. The zero-order valence-electron chi connectivity index (χ0n) is 33.1. The summed E-state index contributed by atoms with van der Waals surface area (Å²) in [5.74, 6) is -5.16. The highest BCUT2D eigenvalue weighted by Gasteiger charge is 2.45. The molecule has 0 spiro atoms. The van der Waals surface area contributed by atoms with Crippen LogP contribution in [0.3, 0.4) is 0 Å². The number of nitrogens with one attached hydrogen (secondary N) is 5. The van der Waals surface area contributed by atoms with Gasteiger partial charge in [-0.3, -0.25) is 28.8 Å². The molecule has 1 saturated heterocycles. The zero-order valence-corrected chi connectivity index (χ0v) is 33.1. The van der Waals surface area contributed by atoms with Crippen molar-refractivity contribution < 1.29 is 47.8 Å². The lowest BCUT2D eigenvalue weighted by Crippen LogP contribution is -2.58. The molecule has 56 heavy (non-hydrogen) atoms. The fraction of sp³-hybridized carbons (Fsp3) is 0.641. The molecule has 2 unspecified atom stereocenters. The largest absolute Gasteiger partial charge is 0.449 e. The van der Waals surface area contributed by atoms with Crippen LogP contribution in [0, 0.1) is 17.8 Å². The monoisotopic (exact) mass is 785 g/mol. The van der Waals surface area contributed by atoms with Crippen LogP contribution in [-0.4, -0.2) is 103 Å². The average Bonchev–Trinajstić information content (AvgIpc) is 3.60. The summed E-state index contributed by atoms with van der Waals surface area (Å²) in [5, 5.41) is 12.8. The van der Waals surface area contributed by atoms with Crippen molar-refractivity contribution in [2.24, 2.45) is 23.5 Å². The summed E-state index contributed by atoms with van der Waals surface area (Å²) < 4.78 is 10.6. The molecule has 1 saturated carbocycles. The number of hydrogen-bond acceptors (Lipinski definition) is 10.